The van der Waals surface area contributed by atoms with Gasteiger partial charge in [0, 0.05) is 11.1 Å². The van der Waals surface area contributed by atoms with E-state index in [1.807, 2.05) is 13.0 Å². The van der Waals surface area contributed by atoms with Gasteiger partial charge in [0.2, 0.25) is 0 Å². The van der Waals surface area contributed by atoms with Gasteiger partial charge in [-0.2, -0.15) is 0 Å². The molecule has 1 aromatic heterocycles. The zero-order valence-electron chi connectivity index (χ0n) is 9.32. The number of rotatable bonds is 2. The second-order valence-corrected chi connectivity index (χ2v) is 3.82. The molecule has 0 fully saturated rings. The minimum Gasteiger partial charge on any atom is -0.478 e. The molecule has 0 aliphatic heterocycles. The topological polar surface area (TPSA) is 50.2 Å². The Labute approximate surface area is 93.7 Å². The third-order valence-corrected chi connectivity index (χ3v) is 2.69. The molecule has 1 aromatic carbocycles. The van der Waals surface area contributed by atoms with E-state index in [0.29, 0.717) is 5.56 Å². The first-order valence-corrected chi connectivity index (χ1v) is 5.25. The summed E-state index contributed by atoms with van der Waals surface area (Å²) in [6.45, 7) is 4.06. The van der Waals surface area contributed by atoms with Crippen LogP contribution in [0.2, 0.25) is 0 Å². The molecule has 2 rings (SSSR count). The molecule has 3 heteroatoms. The Morgan fingerprint density at radius 1 is 1.38 bits per heavy atom. The molecule has 0 bridgehead atoms. The lowest BCUT2D eigenvalue weighted by Gasteiger charge is -2.05. The number of carboxylic acids is 1. The van der Waals surface area contributed by atoms with Crippen molar-refractivity contribution in [2.45, 2.75) is 20.3 Å². The molecular formula is C13H13NO2. The molecule has 0 atom stereocenters. The van der Waals surface area contributed by atoms with Crippen molar-refractivity contribution in [2.75, 3.05) is 0 Å². The fraction of sp³-hybridized carbons (Fsp3) is 0.231. The van der Waals surface area contributed by atoms with Gasteiger partial charge in [0.25, 0.3) is 0 Å². The number of aryl methyl sites for hydroxylation is 2. The molecule has 1 heterocycles. The van der Waals surface area contributed by atoms with Gasteiger partial charge in [-0.05, 0) is 43.2 Å². The summed E-state index contributed by atoms with van der Waals surface area (Å²) in [7, 11) is 0. The van der Waals surface area contributed by atoms with Gasteiger partial charge in [0.15, 0.2) is 0 Å². The normalized spacial score (nSPS) is 10.6. The maximum Gasteiger partial charge on any atom is 0.335 e. The Bertz CT molecular complexity index is 561. The average Bonchev–Trinajstić information content (AvgIpc) is 2.27. The maximum atomic E-state index is 10.8. The summed E-state index contributed by atoms with van der Waals surface area (Å²) in [5, 5.41) is 9.78. The van der Waals surface area contributed by atoms with Crippen LogP contribution < -0.4 is 0 Å². The molecule has 0 spiro atoms. The van der Waals surface area contributed by atoms with Crippen molar-refractivity contribution < 1.29 is 9.90 Å². The molecule has 2 aromatic rings. The molecule has 0 saturated heterocycles. The van der Waals surface area contributed by atoms with Crippen molar-refractivity contribution in [3.05, 3.63) is 41.1 Å². The van der Waals surface area contributed by atoms with E-state index in [9.17, 15) is 4.79 Å². The summed E-state index contributed by atoms with van der Waals surface area (Å²) in [5.41, 5.74) is 3.33. The molecule has 0 amide bonds. The van der Waals surface area contributed by atoms with Crippen molar-refractivity contribution >= 4 is 16.9 Å². The summed E-state index contributed by atoms with van der Waals surface area (Å²) in [5.74, 6) is -0.904. The first-order valence-electron chi connectivity index (χ1n) is 5.25. The summed E-state index contributed by atoms with van der Waals surface area (Å²) in [4.78, 5) is 15.3. The standard InChI is InChI=1S/C13H13NO2/c1-3-11-8(2)6-10-7-9(13(15)16)4-5-12(10)14-11/h4-7H,3H2,1-2H3,(H,15,16). The third-order valence-electron chi connectivity index (χ3n) is 2.69. The van der Waals surface area contributed by atoms with Crippen LogP contribution in [0.1, 0.15) is 28.5 Å². The van der Waals surface area contributed by atoms with Crippen molar-refractivity contribution in [2.24, 2.45) is 0 Å². The number of pyridine rings is 1. The molecule has 0 aliphatic rings. The molecule has 0 aliphatic carbocycles. The number of hydrogen-bond donors (Lipinski definition) is 1. The first kappa shape index (κ1) is 10.6. The van der Waals surface area contributed by atoms with Gasteiger partial charge < -0.3 is 5.11 Å². The zero-order valence-corrected chi connectivity index (χ0v) is 9.32. The Morgan fingerprint density at radius 2 is 2.12 bits per heavy atom. The Kier molecular flexibility index (Phi) is 2.60. The van der Waals surface area contributed by atoms with Gasteiger partial charge in [-0.25, -0.2) is 4.79 Å². The lowest BCUT2D eigenvalue weighted by molar-refractivity contribution is 0.0697. The Hall–Kier alpha value is -1.90. The molecule has 1 N–H and O–H groups in total. The minimum atomic E-state index is -0.904. The number of nitrogens with zero attached hydrogens (tertiary/aromatic N) is 1. The van der Waals surface area contributed by atoms with E-state index >= 15 is 0 Å². The number of carboxylic acid groups (broad SMARTS) is 1. The van der Waals surface area contributed by atoms with Crippen LogP contribution in [-0.4, -0.2) is 16.1 Å². The fourth-order valence-corrected chi connectivity index (χ4v) is 1.81. The lowest BCUT2D eigenvalue weighted by Crippen LogP contribution is -1.97. The highest BCUT2D eigenvalue weighted by Gasteiger charge is 2.06. The highest BCUT2D eigenvalue weighted by molar-refractivity contribution is 5.93. The molecule has 0 unspecified atom stereocenters. The highest BCUT2D eigenvalue weighted by Crippen LogP contribution is 2.18. The van der Waals surface area contributed by atoms with E-state index in [0.717, 1.165) is 28.6 Å². The number of benzene rings is 1. The molecule has 82 valence electrons. The maximum absolute atomic E-state index is 10.8. The summed E-state index contributed by atoms with van der Waals surface area (Å²) >= 11 is 0. The third kappa shape index (κ3) is 1.76. The minimum absolute atomic E-state index is 0.304. The van der Waals surface area contributed by atoms with Crippen LogP contribution in [-0.2, 0) is 6.42 Å². The number of carbonyl (C=O) groups is 1. The van der Waals surface area contributed by atoms with Crippen LogP contribution >= 0.6 is 0 Å². The van der Waals surface area contributed by atoms with Gasteiger partial charge in [-0.3, -0.25) is 4.98 Å². The predicted octanol–water partition coefficient (Wildman–Crippen LogP) is 2.80. The van der Waals surface area contributed by atoms with Crippen molar-refractivity contribution in [1.29, 1.82) is 0 Å². The summed E-state index contributed by atoms with van der Waals surface area (Å²) < 4.78 is 0. The Morgan fingerprint density at radius 3 is 2.75 bits per heavy atom. The van der Waals surface area contributed by atoms with Gasteiger partial charge in [-0.1, -0.05) is 6.92 Å². The van der Waals surface area contributed by atoms with Crippen molar-refractivity contribution in [3.8, 4) is 0 Å². The van der Waals surface area contributed by atoms with Gasteiger partial charge >= 0.3 is 5.97 Å². The summed E-state index contributed by atoms with van der Waals surface area (Å²) in [6, 6.07) is 7.01. The second kappa shape index (κ2) is 3.93. The van der Waals surface area contributed by atoms with Crippen LogP contribution in [0, 0.1) is 6.92 Å². The largest absolute Gasteiger partial charge is 0.478 e. The van der Waals surface area contributed by atoms with Gasteiger partial charge in [0.1, 0.15) is 0 Å². The number of aromatic nitrogens is 1. The van der Waals surface area contributed by atoms with E-state index in [4.69, 9.17) is 5.11 Å². The number of fused-ring (bicyclic) bond motifs is 1. The SMILES string of the molecule is CCc1nc2ccc(C(=O)O)cc2cc1C. The fourth-order valence-electron chi connectivity index (χ4n) is 1.81. The Balaban J connectivity index is 2.66. The van der Waals surface area contributed by atoms with E-state index < -0.39 is 5.97 Å². The molecule has 3 nitrogen and oxygen atoms in total. The van der Waals surface area contributed by atoms with E-state index in [1.165, 1.54) is 0 Å². The average molecular weight is 215 g/mol. The number of aromatic carboxylic acids is 1. The molecule has 16 heavy (non-hydrogen) atoms. The van der Waals surface area contributed by atoms with E-state index in [1.54, 1.807) is 18.2 Å². The van der Waals surface area contributed by atoms with Crippen molar-refractivity contribution in [3.63, 3.8) is 0 Å². The van der Waals surface area contributed by atoms with Crippen LogP contribution in [0.5, 0.6) is 0 Å². The predicted molar refractivity (Wildman–Crippen MR) is 62.8 cm³/mol. The molecular weight excluding hydrogens is 202 g/mol. The number of hydrogen-bond acceptors (Lipinski definition) is 2. The van der Waals surface area contributed by atoms with Gasteiger partial charge in [-0.15, -0.1) is 0 Å². The lowest BCUT2D eigenvalue weighted by atomic mass is 10.1. The molecule has 0 radical (unpaired) electrons. The zero-order chi connectivity index (χ0) is 11.7. The van der Waals surface area contributed by atoms with E-state index in [2.05, 4.69) is 11.9 Å². The quantitative estimate of drug-likeness (QED) is 0.838. The summed E-state index contributed by atoms with van der Waals surface area (Å²) in [6.07, 6.45) is 0.891. The van der Waals surface area contributed by atoms with Crippen LogP contribution in [0.3, 0.4) is 0 Å². The second-order valence-electron chi connectivity index (χ2n) is 3.82. The molecule has 0 saturated carbocycles. The smallest absolute Gasteiger partial charge is 0.335 e. The highest BCUT2D eigenvalue weighted by atomic mass is 16.4. The van der Waals surface area contributed by atoms with Crippen LogP contribution in [0.4, 0.5) is 0 Å². The first-order chi connectivity index (χ1) is 7.61. The van der Waals surface area contributed by atoms with Crippen LogP contribution in [0.25, 0.3) is 10.9 Å². The van der Waals surface area contributed by atoms with Crippen LogP contribution in [0.15, 0.2) is 24.3 Å². The van der Waals surface area contributed by atoms with Crippen molar-refractivity contribution in [1.82, 2.24) is 4.98 Å². The monoisotopic (exact) mass is 215 g/mol. The van der Waals surface area contributed by atoms with Gasteiger partial charge in [0.05, 0.1) is 11.1 Å². The van der Waals surface area contributed by atoms with E-state index in [-0.39, 0.29) is 0 Å².